The molecule has 2 aromatic heterocycles. The number of hydrogen-bond acceptors (Lipinski definition) is 6. The molecular weight excluding hydrogens is 383 g/mol. The van der Waals surface area contributed by atoms with Crippen LogP contribution < -0.4 is 5.32 Å². The quantitative estimate of drug-likeness (QED) is 0.687. The summed E-state index contributed by atoms with van der Waals surface area (Å²) in [5, 5.41) is 10.3. The van der Waals surface area contributed by atoms with E-state index in [9.17, 15) is 14.0 Å². The van der Waals surface area contributed by atoms with E-state index in [4.69, 9.17) is 4.52 Å². The highest BCUT2D eigenvalue weighted by Crippen LogP contribution is 2.27. The van der Waals surface area contributed by atoms with Gasteiger partial charge in [0.1, 0.15) is 5.82 Å². The molecule has 1 aliphatic heterocycles. The van der Waals surface area contributed by atoms with Crippen molar-refractivity contribution in [1.82, 2.24) is 20.4 Å². The Morgan fingerprint density at radius 1 is 1.32 bits per heavy atom. The maximum atomic E-state index is 13.0. The number of nitrogens with zero attached hydrogens (tertiary/aromatic N) is 3. The van der Waals surface area contributed by atoms with Crippen LogP contribution in [-0.4, -0.2) is 33.4 Å². The van der Waals surface area contributed by atoms with Gasteiger partial charge in [-0.05, 0) is 29.1 Å². The Kier molecular flexibility index (Phi) is 5.16. The van der Waals surface area contributed by atoms with Crippen LogP contribution in [0, 0.1) is 5.82 Å². The van der Waals surface area contributed by atoms with Gasteiger partial charge in [0, 0.05) is 36.4 Å². The monoisotopic (exact) mass is 400 g/mol. The molecule has 1 atom stereocenters. The van der Waals surface area contributed by atoms with E-state index in [1.165, 1.54) is 23.5 Å². The molecule has 0 spiro atoms. The van der Waals surface area contributed by atoms with Crippen LogP contribution in [0.3, 0.4) is 0 Å². The first-order valence-corrected chi connectivity index (χ1v) is 9.68. The van der Waals surface area contributed by atoms with E-state index >= 15 is 0 Å². The van der Waals surface area contributed by atoms with Crippen molar-refractivity contribution in [3.63, 3.8) is 0 Å². The lowest BCUT2D eigenvalue weighted by Crippen LogP contribution is -2.24. The number of halogens is 1. The molecule has 3 aromatic rings. The molecule has 0 saturated carbocycles. The first-order valence-electron chi connectivity index (χ1n) is 8.73. The number of thiophene rings is 1. The van der Waals surface area contributed by atoms with Crippen molar-refractivity contribution in [2.75, 3.05) is 6.54 Å². The molecule has 28 heavy (non-hydrogen) atoms. The van der Waals surface area contributed by atoms with E-state index in [-0.39, 0.29) is 30.1 Å². The van der Waals surface area contributed by atoms with Crippen LogP contribution in [0.1, 0.15) is 40.0 Å². The van der Waals surface area contributed by atoms with E-state index in [1.54, 1.807) is 28.5 Å². The highest BCUT2D eigenvalue weighted by Gasteiger charge is 2.33. The molecule has 1 aliphatic rings. The number of likely N-dealkylation sites (tertiary alicyclic amines) is 1. The number of benzene rings is 1. The third-order valence-corrected chi connectivity index (χ3v) is 5.22. The van der Waals surface area contributed by atoms with Crippen molar-refractivity contribution in [3.05, 3.63) is 69.8 Å². The summed E-state index contributed by atoms with van der Waals surface area (Å²) in [7, 11) is 0. The zero-order valence-corrected chi connectivity index (χ0v) is 15.6. The summed E-state index contributed by atoms with van der Waals surface area (Å²) in [5.41, 5.74) is 1.45. The van der Waals surface area contributed by atoms with Crippen LogP contribution in [0.2, 0.25) is 0 Å². The first-order chi connectivity index (χ1) is 13.6. The van der Waals surface area contributed by atoms with Gasteiger partial charge in [-0.15, -0.1) is 0 Å². The summed E-state index contributed by atoms with van der Waals surface area (Å²) in [6.45, 7) is 1.01. The summed E-state index contributed by atoms with van der Waals surface area (Å²) in [4.78, 5) is 30.3. The van der Waals surface area contributed by atoms with Crippen molar-refractivity contribution in [2.24, 2.45) is 0 Å². The zero-order chi connectivity index (χ0) is 19.5. The summed E-state index contributed by atoms with van der Waals surface area (Å²) >= 11 is 1.44. The number of carbonyl (C=O) groups is 2. The summed E-state index contributed by atoms with van der Waals surface area (Å²) in [6, 6.07) is 7.82. The van der Waals surface area contributed by atoms with Crippen LogP contribution in [0.4, 0.5) is 4.39 Å². The molecule has 0 unspecified atom stereocenters. The van der Waals surface area contributed by atoms with Gasteiger partial charge >= 0.3 is 0 Å². The van der Waals surface area contributed by atoms with Gasteiger partial charge < -0.3 is 14.7 Å². The SMILES string of the molecule is O=C(NCc1nc([C@@H]2CC(=O)N(Cc3ccc(F)cc3)C2)no1)c1ccsc1. The van der Waals surface area contributed by atoms with Gasteiger partial charge in [-0.25, -0.2) is 4.39 Å². The van der Waals surface area contributed by atoms with Crippen molar-refractivity contribution in [1.29, 1.82) is 0 Å². The number of rotatable bonds is 6. The Balaban J connectivity index is 1.34. The van der Waals surface area contributed by atoms with Crippen molar-refractivity contribution in [3.8, 4) is 0 Å². The predicted molar refractivity (Wildman–Crippen MR) is 99.0 cm³/mol. The molecule has 0 aliphatic carbocycles. The molecule has 3 heterocycles. The summed E-state index contributed by atoms with van der Waals surface area (Å²) in [5.74, 6) is 0.0597. The Labute approximate surface area is 164 Å². The topological polar surface area (TPSA) is 88.3 Å². The molecule has 7 nitrogen and oxygen atoms in total. The molecule has 2 amide bonds. The van der Waals surface area contributed by atoms with E-state index in [0.29, 0.717) is 36.8 Å². The van der Waals surface area contributed by atoms with Gasteiger partial charge in [-0.1, -0.05) is 17.3 Å². The number of carbonyl (C=O) groups excluding carboxylic acids is 2. The second-order valence-electron chi connectivity index (χ2n) is 6.54. The maximum Gasteiger partial charge on any atom is 0.252 e. The van der Waals surface area contributed by atoms with Gasteiger partial charge in [0.15, 0.2) is 5.82 Å². The molecule has 0 radical (unpaired) electrons. The fourth-order valence-corrected chi connectivity index (χ4v) is 3.70. The van der Waals surface area contributed by atoms with E-state index in [1.807, 2.05) is 5.38 Å². The van der Waals surface area contributed by atoms with Crippen molar-refractivity contribution >= 4 is 23.2 Å². The third-order valence-electron chi connectivity index (χ3n) is 4.53. The number of amides is 2. The van der Waals surface area contributed by atoms with Gasteiger partial charge in [0.2, 0.25) is 11.8 Å². The smallest absolute Gasteiger partial charge is 0.252 e. The lowest BCUT2D eigenvalue weighted by molar-refractivity contribution is -0.128. The standard InChI is InChI=1S/C19H17FN4O3S/c20-15-3-1-12(2-4-15)9-24-10-14(7-17(24)25)18-22-16(27-23-18)8-21-19(26)13-5-6-28-11-13/h1-6,11,14H,7-10H2,(H,21,26)/t14-/m1/s1. The average Bonchev–Trinajstić information content (AvgIpc) is 3.43. The predicted octanol–water partition coefficient (Wildman–Crippen LogP) is 2.72. The van der Waals surface area contributed by atoms with Crippen LogP contribution >= 0.6 is 11.3 Å². The Hall–Kier alpha value is -3.07. The fourth-order valence-electron chi connectivity index (χ4n) is 3.07. The zero-order valence-electron chi connectivity index (χ0n) is 14.8. The van der Waals surface area contributed by atoms with Crippen LogP contribution in [-0.2, 0) is 17.9 Å². The number of aromatic nitrogens is 2. The normalized spacial score (nSPS) is 16.5. The van der Waals surface area contributed by atoms with Gasteiger partial charge in [0.25, 0.3) is 5.91 Å². The third kappa shape index (κ3) is 4.09. The first kappa shape index (κ1) is 18.3. The number of nitrogens with one attached hydrogen (secondary N) is 1. The molecule has 1 fully saturated rings. The minimum Gasteiger partial charge on any atom is -0.343 e. The summed E-state index contributed by atoms with van der Waals surface area (Å²) < 4.78 is 18.2. The number of hydrogen-bond donors (Lipinski definition) is 1. The van der Waals surface area contributed by atoms with Crippen LogP contribution in [0.25, 0.3) is 0 Å². The average molecular weight is 400 g/mol. The van der Waals surface area contributed by atoms with Crippen LogP contribution in [0.5, 0.6) is 0 Å². The lowest BCUT2D eigenvalue weighted by atomic mass is 10.1. The van der Waals surface area contributed by atoms with Gasteiger partial charge in [-0.2, -0.15) is 16.3 Å². The fraction of sp³-hybridized carbons (Fsp3) is 0.263. The highest BCUT2D eigenvalue weighted by atomic mass is 32.1. The minimum atomic E-state index is -0.306. The van der Waals surface area contributed by atoms with E-state index in [0.717, 1.165) is 5.56 Å². The van der Waals surface area contributed by atoms with Gasteiger partial charge in [0.05, 0.1) is 6.54 Å². The Morgan fingerprint density at radius 2 is 2.14 bits per heavy atom. The Bertz CT molecular complexity index is 971. The molecule has 0 bridgehead atoms. The minimum absolute atomic E-state index is 0.00793. The van der Waals surface area contributed by atoms with E-state index < -0.39 is 0 Å². The molecule has 1 aromatic carbocycles. The van der Waals surface area contributed by atoms with Gasteiger partial charge in [-0.3, -0.25) is 9.59 Å². The molecule has 1 N–H and O–H groups in total. The highest BCUT2D eigenvalue weighted by molar-refractivity contribution is 7.08. The largest absolute Gasteiger partial charge is 0.343 e. The second-order valence-corrected chi connectivity index (χ2v) is 7.32. The molecule has 9 heteroatoms. The maximum absolute atomic E-state index is 13.0. The molecular formula is C19H17FN4O3S. The Morgan fingerprint density at radius 3 is 2.89 bits per heavy atom. The van der Waals surface area contributed by atoms with Crippen LogP contribution in [0.15, 0.2) is 45.6 Å². The van der Waals surface area contributed by atoms with Crippen molar-refractivity contribution in [2.45, 2.75) is 25.4 Å². The molecule has 4 rings (SSSR count). The molecule has 1 saturated heterocycles. The summed E-state index contributed by atoms with van der Waals surface area (Å²) in [6.07, 6.45) is 0.293. The molecule has 144 valence electrons. The lowest BCUT2D eigenvalue weighted by Gasteiger charge is -2.16. The van der Waals surface area contributed by atoms with E-state index in [2.05, 4.69) is 15.5 Å². The van der Waals surface area contributed by atoms with Crippen molar-refractivity contribution < 1.29 is 18.5 Å². The second kappa shape index (κ2) is 7.89.